The summed E-state index contributed by atoms with van der Waals surface area (Å²) in [5.74, 6) is -0.0394. The number of ether oxygens (including phenoxy) is 1. The molecule has 1 aromatic carbocycles. The largest absolute Gasteiger partial charge is 0.448 e. The number of rotatable bonds is 4. The molecule has 3 N–H and O–H groups in total. The van der Waals surface area contributed by atoms with Crippen molar-refractivity contribution in [1.29, 1.82) is 0 Å². The Balaban J connectivity index is 2.49. The SMILES string of the molecule is Cc1cccc(Oc2cccnc2/C(N)=N/O)c1[N+](=O)[O-]. The van der Waals surface area contributed by atoms with E-state index in [1.165, 1.54) is 18.3 Å². The molecule has 21 heavy (non-hydrogen) atoms. The minimum atomic E-state index is -0.524. The first-order valence-electron chi connectivity index (χ1n) is 5.89. The zero-order valence-corrected chi connectivity index (χ0v) is 11.1. The molecule has 0 saturated carbocycles. The topological polar surface area (TPSA) is 124 Å². The first kappa shape index (κ1) is 14.3. The quantitative estimate of drug-likeness (QED) is 0.292. The van der Waals surface area contributed by atoms with E-state index in [0.29, 0.717) is 5.56 Å². The second-order valence-corrected chi connectivity index (χ2v) is 4.12. The van der Waals surface area contributed by atoms with Crippen LogP contribution >= 0.6 is 0 Å². The number of oxime groups is 1. The molecule has 0 spiro atoms. The molecular formula is C13H12N4O4. The van der Waals surface area contributed by atoms with Gasteiger partial charge in [0.25, 0.3) is 0 Å². The second kappa shape index (κ2) is 5.87. The van der Waals surface area contributed by atoms with Crippen molar-refractivity contribution in [2.24, 2.45) is 10.9 Å². The Hall–Kier alpha value is -3.16. The van der Waals surface area contributed by atoms with Crippen molar-refractivity contribution in [2.75, 3.05) is 0 Å². The van der Waals surface area contributed by atoms with Crippen molar-refractivity contribution in [1.82, 2.24) is 4.98 Å². The van der Waals surface area contributed by atoms with E-state index in [9.17, 15) is 10.1 Å². The number of nitro groups is 1. The number of aromatic nitrogens is 1. The second-order valence-electron chi connectivity index (χ2n) is 4.12. The van der Waals surface area contributed by atoms with Gasteiger partial charge in [0.05, 0.1) is 4.92 Å². The molecule has 0 unspecified atom stereocenters. The monoisotopic (exact) mass is 288 g/mol. The van der Waals surface area contributed by atoms with E-state index < -0.39 is 4.92 Å². The Bertz CT molecular complexity index is 715. The number of hydrogen-bond donors (Lipinski definition) is 2. The van der Waals surface area contributed by atoms with E-state index in [1.807, 2.05) is 0 Å². The molecule has 0 fully saturated rings. The first-order valence-corrected chi connectivity index (χ1v) is 5.89. The van der Waals surface area contributed by atoms with Gasteiger partial charge in [-0.2, -0.15) is 0 Å². The van der Waals surface area contributed by atoms with Crippen molar-refractivity contribution in [3.05, 3.63) is 57.9 Å². The van der Waals surface area contributed by atoms with Gasteiger partial charge in [0.15, 0.2) is 17.3 Å². The van der Waals surface area contributed by atoms with Gasteiger partial charge in [-0.1, -0.05) is 17.3 Å². The summed E-state index contributed by atoms with van der Waals surface area (Å²) in [5.41, 5.74) is 5.91. The van der Waals surface area contributed by atoms with Crippen molar-refractivity contribution >= 4 is 11.5 Å². The number of nitro benzene ring substituents is 1. The van der Waals surface area contributed by atoms with Crippen molar-refractivity contribution in [3.8, 4) is 11.5 Å². The number of pyridine rings is 1. The molecule has 8 heteroatoms. The predicted octanol–water partition coefficient (Wildman–Crippen LogP) is 2.19. The van der Waals surface area contributed by atoms with Crippen LogP contribution in [-0.4, -0.2) is 21.0 Å². The van der Waals surface area contributed by atoms with Gasteiger partial charge in [0.2, 0.25) is 5.75 Å². The lowest BCUT2D eigenvalue weighted by Crippen LogP contribution is -2.16. The van der Waals surface area contributed by atoms with Gasteiger partial charge in [-0.05, 0) is 25.1 Å². The maximum atomic E-state index is 11.1. The van der Waals surface area contributed by atoms with Gasteiger partial charge in [0, 0.05) is 11.8 Å². The Morgan fingerprint density at radius 1 is 1.38 bits per heavy atom. The van der Waals surface area contributed by atoms with Crippen LogP contribution < -0.4 is 10.5 Å². The Morgan fingerprint density at radius 2 is 2.10 bits per heavy atom. The molecule has 2 rings (SSSR count). The molecule has 108 valence electrons. The normalized spacial score (nSPS) is 11.2. The molecule has 0 radical (unpaired) electrons. The maximum Gasteiger partial charge on any atom is 0.314 e. The highest BCUT2D eigenvalue weighted by atomic mass is 16.6. The molecule has 8 nitrogen and oxygen atoms in total. The molecule has 0 aliphatic heterocycles. The summed E-state index contributed by atoms with van der Waals surface area (Å²) in [6.07, 6.45) is 1.44. The molecule has 0 bridgehead atoms. The Kier molecular flexibility index (Phi) is 3.98. The summed E-state index contributed by atoms with van der Waals surface area (Å²) in [7, 11) is 0. The van der Waals surface area contributed by atoms with Gasteiger partial charge in [-0.3, -0.25) is 10.1 Å². The third-order valence-electron chi connectivity index (χ3n) is 2.72. The van der Waals surface area contributed by atoms with Gasteiger partial charge < -0.3 is 15.7 Å². The summed E-state index contributed by atoms with van der Waals surface area (Å²) in [6.45, 7) is 1.61. The van der Waals surface area contributed by atoms with Crippen LogP contribution in [0.1, 0.15) is 11.3 Å². The van der Waals surface area contributed by atoms with E-state index in [0.717, 1.165) is 0 Å². The van der Waals surface area contributed by atoms with Gasteiger partial charge in [-0.25, -0.2) is 4.98 Å². The Morgan fingerprint density at radius 3 is 2.76 bits per heavy atom. The summed E-state index contributed by atoms with van der Waals surface area (Å²) >= 11 is 0. The zero-order valence-electron chi connectivity index (χ0n) is 11.1. The van der Waals surface area contributed by atoms with Gasteiger partial charge in [-0.15, -0.1) is 0 Å². The van der Waals surface area contributed by atoms with E-state index in [-0.39, 0.29) is 28.7 Å². The van der Waals surface area contributed by atoms with Crippen LogP contribution in [-0.2, 0) is 0 Å². The fourth-order valence-electron chi connectivity index (χ4n) is 1.78. The lowest BCUT2D eigenvalue weighted by Gasteiger charge is -2.10. The number of amidine groups is 1. The van der Waals surface area contributed by atoms with Crippen LogP contribution in [0.5, 0.6) is 11.5 Å². The van der Waals surface area contributed by atoms with Crippen LogP contribution in [0.25, 0.3) is 0 Å². The molecule has 0 saturated heterocycles. The number of nitrogens with zero attached hydrogens (tertiary/aromatic N) is 3. The summed E-state index contributed by atoms with van der Waals surface area (Å²) < 4.78 is 5.53. The summed E-state index contributed by atoms with van der Waals surface area (Å²) in [6, 6.07) is 7.81. The molecule has 0 amide bonds. The molecule has 2 aromatic rings. The average molecular weight is 288 g/mol. The molecule has 0 aliphatic carbocycles. The smallest absolute Gasteiger partial charge is 0.314 e. The summed E-state index contributed by atoms with van der Waals surface area (Å²) in [4.78, 5) is 14.5. The van der Waals surface area contributed by atoms with E-state index >= 15 is 0 Å². The zero-order chi connectivity index (χ0) is 15.4. The highest BCUT2D eigenvalue weighted by Gasteiger charge is 2.20. The predicted molar refractivity (Wildman–Crippen MR) is 74.7 cm³/mol. The molecule has 1 heterocycles. The molecule has 0 aliphatic rings. The van der Waals surface area contributed by atoms with Gasteiger partial charge in [0.1, 0.15) is 0 Å². The standard InChI is InChI=1S/C13H12N4O4/c1-8-4-2-5-10(12(8)17(19)20)21-9-6-3-7-15-11(9)13(14)16-18/h2-7,18H,1H3,(H2,14,16). The van der Waals surface area contributed by atoms with Crippen molar-refractivity contribution in [3.63, 3.8) is 0 Å². The lowest BCUT2D eigenvalue weighted by atomic mass is 10.2. The minimum Gasteiger partial charge on any atom is -0.448 e. The first-order chi connectivity index (χ1) is 10.0. The highest BCUT2D eigenvalue weighted by Crippen LogP contribution is 2.34. The number of para-hydroxylation sites is 1. The van der Waals surface area contributed by atoms with E-state index in [4.69, 9.17) is 15.7 Å². The van der Waals surface area contributed by atoms with Gasteiger partial charge >= 0.3 is 5.69 Å². The maximum absolute atomic E-state index is 11.1. The average Bonchev–Trinajstić information content (AvgIpc) is 2.46. The molecule has 0 atom stereocenters. The molecule has 1 aromatic heterocycles. The number of hydrogen-bond acceptors (Lipinski definition) is 6. The number of nitrogens with two attached hydrogens (primary N) is 1. The summed E-state index contributed by atoms with van der Waals surface area (Å²) in [5, 5.41) is 22.7. The minimum absolute atomic E-state index is 0.0555. The van der Waals surface area contributed by atoms with Crippen molar-refractivity contribution in [2.45, 2.75) is 6.92 Å². The number of aryl methyl sites for hydroxylation is 1. The van der Waals surface area contributed by atoms with Crippen LogP contribution in [0, 0.1) is 17.0 Å². The fourth-order valence-corrected chi connectivity index (χ4v) is 1.78. The molecular weight excluding hydrogens is 276 g/mol. The number of benzene rings is 1. The fraction of sp³-hybridized carbons (Fsp3) is 0.0769. The van der Waals surface area contributed by atoms with Crippen LogP contribution in [0.4, 0.5) is 5.69 Å². The third kappa shape index (κ3) is 2.89. The van der Waals surface area contributed by atoms with E-state index in [1.54, 1.807) is 25.1 Å². The third-order valence-corrected chi connectivity index (χ3v) is 2.72. The van der Waals surface area contributed by atoms with Crippen LogP contribution in [0.15, 0.2) is 41.7 Å². The highest BCUT2D eigenvalue weighted by molar-refractivity contribution is 5.97. The lowest BCUT2D eigenvalue weighted by molar-refractivity contribution is -0.386. The van der Waals surface area contributed by atoms with Crippen LogP contribution in [0.3, 0.4) is 0 Å². The van der Waals surface area contributed by atoms with E-state index in [2.05, 4.69) is 10.1 Å². The van der Waals surface area contributed by atoms with Crippen LogP contribution in [0.2, 0.25) is 0 Å². The Labute approximate surface area is 119 Å². The van der Waals surface area contributed by atoms with Crippen molar-refractivity contribution < 1.29 is 14.9 Å².